The van der Waals surface area contributed by atoms with Crippen LogP contribution in [0.2, 0.25) is 0 Å². The van der Waals surface area contributed by atoms with Crippen molar-refractivity contribution >= 4 is 11.8 Å². The van der Waals surface area contributed by atoms with Crippen molar-refractivity contribution in [1.29, 1.82) is 0 Å². The SMILES string of the molecule is O[C@H](c1cccc(SC(F)(F)F)c1)C(F)(F)F. The predicted molar refractivity (Wildman–Crippen MR) is 49.4 cm³/mol. The number of halogens is 6. The van der Waals surface area contributed by atoms with Crippen LogP contribution in [-0.2, 0) is 0 Å². The number of benzene rings is 1. The maximum Gasteiger partial charge on any atom is 0.446 e. The third-order valence-electron chi connectivity index (χ3n) is 1.72. The summed E-state index contributed by atoms with van der Waals surface area (Å²) in [5.41, 5.74) is -5.20. The first-order valence-corrected chi connectivity index (χ1v) is 5.02. The molecule has 0 fully saturated rings. The van der Waals surface area contributed by atoms with Gasteiger partial charge in [0.15, 0.2) is 6.10 Å². The van der Waals surface area contributed by atoms with Crippen molar-refractivity contribution < 1.29 is 31.4 Å². The minimum atomic E-state index is -4.90. The molecule has 0 unspecified atom stereocenters. The highest BCUT2D eigenvalue weighted by Crippen LogP contribution is 2.39. The van der Waals surface area contributed by atoms with E-state index >= 15 is 0 Å². The molecule has 0 radical (unpaired) electrons. The maximum atomic E-state index is 12.1. The van der Waals surface area contributed by atoms with E-state index in [1.165, 1.54) is 0 Å². The molecule has 0 aliphatic rings. The van der Waals surface area contributed by atoms with E-state index in [4.69, 9.17) is 5.11 Å². The van der Waals surface area contributed by atoms with Gasteiger partial charge >= 0.3 is 11.7 Å². The summed E-state index contributed by atoms with van der Waals surface area (Å²) < 4.78 is 72.3. The van der Waals surface area contributed by atoms with Gasteiger partial charge in [0.05, 0.1) is 0 Å². The second-order valence-electron chi connectivity index (χ2n) is 3.06. The topological polar surface area (TPSA) is 20.2 Å². The molecule has 1 aromatic rings. The molecule has 96 valence electrons. The van der Waals surface area contributed by atoms with Gasteiger partial charge in [0.1, 0.15) is 0 Å². The van der Waals surface area contributed by atoms with Gasteiger partial charge in [-0.15, -0.1) is 0 Å². The first-order valence-electron chi connectivity index (χ1n) is 4.20. The summed E-state index contributed by atoms with van der Waals surface area (Å²) in [6, 6.07) is 3.62. The summed E-state index contributed by atoms with van der Waals surface area (Å²) in [6.45, 7) is 0. The Bertz CT molecular complexity index is 386. The summed E-state index contributed by atoms with van der Waals surface area (Å²) in [6.07, 6.45) is -7.68. The zero-order valence-electron chi connectivity index (χ0n) is 8.01. The van der Waals surface area contributed by atoms with Crippen molar-refractivity contribution in [2.24, 2.45) is 0 Å². The Morgan fingerprint density at radius 2 is 1.65 bits per heavy atom. The van der Waals surface area contributed by atoms with E-state index in [1.54, 1.807) is 0 Å². The molecule has 8 heteroatoms. The molecule has 1 nitrogen and oxygen atoms in total. The zero-order chi connectivity index (χ0) is 13.3. The fourth-order valence-corrected chi connectivity index (χ4v) is 1.68. The molecular weight excluding hydrogens is 270 g/mol. The Hall–Kier alpha value is -0.890. The molecule has 0 heterocycles. The quantitative estimate of drug-likeness (QED) is 0.653. The van der Waals surface area contributed by atoms with Crippen molar-refractivity contribution in [3.8, 4) is 0 Å². The maximum absolute atomic E-state index is 12.1. The van der Waals surface area contributed by atoms with Crippen LogP contribution in [0.25, 0.3) is 0 Å². The Balaban J connectivity index is 2.94. The smallest absolute Gasteiger partial charge is 0.379 e. The Morgan fingerprint density at radius 1 is 1.06 bits per heavy atom. The largest absolute Gasteiger partial charge is 0.446 e. The highest BCUT2D eigenvalue weighted by Gasteiger charge is 2.39. The summed E-state index contributed by atoms with van der Waals surface area (Å²) in [5, 5.41) is 8.86. The van der Waals surface area contributed by atoms with Crippen LogP contribution in [-0.4, -0.2) is 16.8 Å². The summed E-state index contributed by atoms with van der Waals surface area (Å²) >= 11 is -0.536. The van der Waals surface area contributed by atoms with Crippen LogP contribution in [0.5, 0.6) is 0 Å². The molecule has 0 saturated carbocycles. The minimum absolute atomic E-state index is 0.404. The Labute approximate surface area is 96.4 Å². The van der Waals surface area contributed by atoms with Gasteiger partial charge in [-0.3, -0.25) is 0 Å². The van der Waals surface area contributed by atoms with E-state index in [0.717, 1.165) is 18.2 Å². The molecule has 1 N–H and O–H groups in total. The molecule has 0 amide bonds. The molecule has 0 spiro atoms. The van der Waals surface area contributed by atoms with Gasteiger partial charge < -0.3 is 5.11 Å². The fourth-order valence-electron chi connectivity index (χ4n) is 1.07. The molecule has 0 bridgehead atoms. The second-order valence-corrected chi connectivity index (χ2v) is 4.20. The van der Waals surface area contributed by atoms with Gasteiger partial charge in [-0.05, 0) is 29.5 Å². The van der Waals surface area contributed by atoms with E-state index in [2.05, 4.69) is 0 Å². The number of aliphatic hydroxyl groups excluding tert-OH is 1. The normalized spacial score (nSPS) is 14.8. The molecule has 0 aliphatic heterocycles. The number of hydrogen-bond donors (Lipinski definition) is 1. The molecule has 1 aromatic carbocycles. The predicted octanol–water partition coefficient (Wildman–Crippen LogP) is 3.89. The van der Waals surface area contributed by atoms with Crippen LogP contribution in [0.15, 0.2) is 29.2 Å². The third kappa shape index (κ3) is 4.47. The van der Waals surface area contributed by atoms with Crippen LogP contribution in [0.4, 0.5) is 26.3 Å². The number of rotatable bonds is 2. The summed E-state index contributed by atoms with van der Waals surface area (Å²) in [5.74, 6) is 0. The molecule has 0 saturated heterocycles. The number of hydrogen-bond acceptors (Lipinski definition) is 2. The van der Waals surface area contributed by atoms with E-state index < -0.39 is 40.0 Å². The Morgan fingerprint density at radius 3 is 2.12 bits per heavy atom. The average molecular weight is 276 g/mol. The van der Waals surface area contributed by atoms with Crippen molar-refractivity contribution in [3.63, 3.8) is 0 Å². The highest BCUT2D eigenvalue weighted by atomic mass is 32.2. The second kappa shape index (κ2) is 4.77. The minimum Gasteiger partial charge on any atom is -0.379 e. The van der Waals surface area contributed by atoms with Gasteiger partial charge in [0.25, 0.3) is 0 Å². The molecule has 17 heavy (non-hydrogen) atoms. The fraction of sp³-hybridized carbons (Fsp3) is 0.333. The average Bonchev–Trinajstić information content (AvgIpc) is 2.12. The molecule has 0 aliphatic carbocycles. The van der Waals surface area contributed by atoms with Gasteiger partial charge in [0, 0.05) is 4.90 Å². The first kappa shape index (κ1) is 14.2. The first-order chi connectivity index (χ1) is 7.59. The number of thioether (sulfide) groups is 1. The number of aliphatic hydroxyl groups is 1. The lowest BCUT2D eigenvalue weighted by atomic mass is 10.1. The lowest BCUT2D eigenvalue weighted by molar-refractivity contribution is -0.206. The highest BCUT2D eigenvalue weighted by molar-refractivity contribution is 8.00. The zero-order valence-corrected chi connectivity index (χ0v) is 8.83. The van der Waals surface area contributed by atoms with Gasteiger partial charge in [0.2, 0.25) is 0 Å². The summed E-state index contributed by atoms with van der Waals surface area (Å²) in [7, 11) is 0. The van der Waals surface area contributed by atoms with Crippen molar-refractivity contribution in [1.82, 2.24) is 0 Å². The summed E-state index contributed by atoms with van der Waals surface area (Å²) in [4.78, 5) is -0.404. The van der Waals surface area contributed by atoms with Gasteiger partial charge in [-0.2, -0.15) is 26.3 Å². The van der Waals surface area contributed by atoms with E-state index in [9.17, 15) is 26.3 Å². The van der Waals surface area contributed by atoms with Gasteiger partial charge in [-0.25, -0.2) is 0 Å². The third-order valence-corrected chi connectivity index (χ3v) is 2.44. The molecule has 1 rings (SSSR count). The Kier molecular flexibility index (Phi) is 3.98. The molecule has 0 aromatic heterocycles. The van der Waals surface area contributed by atoms with Crippen molar-refractivity contribution in [2.45, 2.75) is 22.7 Å². The van der Waals surface area contributed by atoms with E-state index in [-0.39, 0.29) is 0 Å². The lowest BCUT2D eigenvalue weighted by Gasteiger charge is -2.15. The molecular formula is C9H6F6OS. The standard InChI is InChI=1S/C9H6F6OS/c10-8(11,12)7(16)5-2-1-3-6(4-5)17-9(13,14)15/h1-4,7,16H/t7-/m1/s1. The number of alkyl halides is 6. The van der Waals surface area contributed by atoms with E-state index in [1.807, 2.05) is 0 Å². The van der Waals surface area contributed by atoms with Crippen LogP contribution in [0.1, 0.15) is 11.7 Å². The van der Waals surface area contributed by atoms with Crippen LogP contribution in [0, 0.1) is 0 Å². The van der Waals surface area contributed by atoms with Gasteiger partial charge in [-0.1, -0.05) is 12.1 Å². The van der Waals surface area contributed by atoms with Crippen LogP contribution >= 0.6 is 11.8 Å². The lowest BCUT2D eigenvalue weighted by Crippen LogP contribution is -2.20. The van der Waals surface area contributed by atoms with Crippen molar-refractivity contribution in [3.05, 3.63) is 29.8 Å². The van der Waals surface area contributed by atoms with Crippen LogP contribution < -0.4 is 0 Å². The van der Waals surface area contributed by atoms with E-state index in [0.29, 0.717) is 6.07 Å². The monoisotopic (exact) mass is 276 g/mol. The molecule has 1 atom stereocenters. The van der Waals surface area contributed by atoms with Crippen LogP contribution in [0.3, 0.4) is 0 Å². The van der Waals surface area contributed by atoms with Crippen molar-refractivity contribution in [2.75, 3.05) is 0 Å².